The summed E-state index contributed by atoms with van der Waals surface area (Å²) in [6.07, 6.45) is 3.32. The van der Waals surface area contributed by atoms with E-state index in [2.05, 4.69) is 15.2 Å². The molecule has 2 aromatic heterocycles. The summed E-state index contributed by atoms with van der Waals surface area (Å²) in [6, 6.07) is 12.6. The van der Waals surface area contributed by atoms with Crippen LogP contribution in [0.25, 0.3) is 22.0 Å². The molecule has 0 radical (unpaired) electrons. The topological polar surface area (TPSA) is 94.9 Å². The van der Waals surface area contributed by atoms with Crippen LogP contribution in [0.2, 0.25) is 0 Å². The molecule has 7 nitrogen and oxygen atoms in total. The molecule has 176 valence electrons. The SMILES string of the molecule is CN(Cc1ccc(CF)c2cn[nH]c12)C(=O)c1ccc(-c2cc(F)cc(C#N)c2)c(OC2CC2)n1. The zero-order valence-electron chi connectivity index (χ0n) is 18.9. The number of fused-ring (bicyclic) bond motifs is 1. The van der Waals surface area contributed by atoms with Gasteiger partial charge >= 0.3 is 0 Å². The van der Waals surface area contributed by atoms with E-state index in [-0.39, 0.29) is 35.7 Å². The van der Waals surface area contributed by atoms with Crippen molar-refractivity contribution in [2.75, 3.05) is 7.05 Å². The predicted molar refractivity (Wildman–Crippen MR) is 125 cm³/mol. The fourth-order valence-electron chi connectivity index (χ4n) is 3.94. The van der Waals surface area contributed by atoms with Crippen LogP contribution in [0.3, 0.4) is 0 Å². The largest absolute Gasteiger partial charge is 0.474 e. The minimum Gasteiger partial charge on any atom is -0.474 e. The molecule has 0 unspecified atom stereocenters. The fraction of sp³-hybridized carbons (Fsp3) is 0.231. The van der Waals surface area contributed by atoms with Gasteiger partial charge in [0.2, 0.25) is 5.88 Å². The second kappa shape index (κ2) is 9.14. The highest BCUT2D eigenvalue weighted by Gasteiger charge is 2.27. The first-order valence-electron chi connectivity index (χ1n) is 11.1. The Labute approximate surface area is 200 Å². The van der Waals surface area contributed by atoms with E-state index < -0.39 is 12.5 Å². The number of nitrogens with one attached hydrogen (secondary N) is 1. The molecule has 0 bridgehead atoms. The number of hydrogen-bond donors (Lipinski definition) is 1. The van der Waals surface area contributed by atoms with E-state index in [0.29, 0.717) is 27.6 Å². The van der Waals surface area contributed by atoms with E-state index in [1.54, 1.807) is 43.6 Å². The smallest absolute Gasteiger partial charge is 0.272 e. The van der Waals surface area contributed by atoms with Gasteiger partial charge < -0.3 is 9.64 Å². The Kier molecular flexibility index (Phi) is 5.87. The van der Waals surface area contributed by atoms with Gasteiger partial charge in [0, 0.05) is 24.5 Å². The van der Waals surface area contributed by atoms with Gasteiger partial charge in [-0.1, -0.05) is 12.1 Å². The van der Waals surface area contributed by atoms with Crippen molar-refractivity contribution >= 4 is 16.8 Å². The Morgan fingerprint density at radius 1 is 1.23 bits per heavy atom. The molecule has 9 heteroatoms. The van der Waals surface area contributed by atoms with Gasteiger partial charge in [-0.25, -0.2) is 13.8 Å². The number of amides is 1. The summed E-state index contributed by atoms with van der Waals surface area (Å²) >= 11 is 0. The van der Waals surface area contributed by atoms with E-state index in [0.717, 1.165) is 24.5 Å². The monoisotopic (exact) mass is 473 g/mol. The number of carbonyl (C=O) groups excluding carboxylic acids is 1. The number of aromatic amines is 1. The number of halogens is 2. The summed E-state index contributed by atoms with van der Waals surface area (Å²) in [5.41, 5.74) is 3.31. The third kappa shape index (κ3) is 4.55. The summed E-state index contributed by atoms with van der Waals surface area (Å²) in [5, 5.41) is 16.8. The molecule has 1 aliphatic carbocycles. The molecule has 0 spiro atoms. The number of rotatable bonds is 7. The van der Waals surface area contributed by atoms with Crippen molar-refractivity contribution in [3.05, 3.63) is 76.9 Å². The van der Waals surface area contributed by atoms with E-state index in [1.807, 2.05) is 6.07 Å². The van der Waals surface area contributed by atoms with Gasteiger partial charge in [0.15, 0.2) is 0 Å². The van der Waals surface area contributed by atoms with Crippen LogP contribution in [0.1, 0.15) is 40.0 Å². The van der Waals surface area contributed by atoms with Crippen molar-refractivity contribution in [3.63, 3.8) is 0 Å². The quantitative estimate of drug-likeness (QED) is 0.411. The number of carbonyl (C=O) groups is 1. The number of ether oxygens (including phenoxy) is 1. The van der Waals surface area contributed by atoms with Crippen LogP contribution in [-0.4, -0.2) is 39.1 Å². The molecule has 2 heterocycles. The minimum atomic E-state index is -0.605. The second-order valence-electron chi connectivity index (χ2n) is 8.54. The Morgan fingerprint density at radius 3 is 2.77 bits per heavy atom. The highest BCUT2D eigenvalue weighted by molar-refractivity contribution is 5.93. The van der Waals surface area contributed by atoms with Gasteiger partial charge in [-0.2, -0.15) is 10.4 Å². The average Bonchev–Trinajstić information content (AvgIpc) is 3.54. The lowest BCUT2D eigenvalue weighted by Crippen LogP contribution is -2.27. The molecular weight excluding hydrogens is 452 g/mol. The zero-order valence-corrected chi connectivity index (χ0v) is 18.9. The first kappa shape index (κ1) is 22.5. The second-order valence-corrected chi connectivity index (χ2v) is 8.54. The van der Waals surface area contributed by atoms with Gasteiger partial charge in [-0.3, -0.25) is 9.89 Å². The lowest BCUT2D eigenvalue weighted by atomic mass is 10.0. The Hall–Kier alpha value is -4.32. The number of nitriles is 1. The van der Waals surface area contributed by atoms with Crippen molar-refractivity contribution < 1.29 is 18.3 Å². The van der Waals surface area contributed by atoms with E-state index >= 15 is 0 Å². The number of hydrogen-bond acceptors (Lipinski definition) is 5. The molecule has 0 saturated heterocycles. The third-order valence-corrected chi connectivity index (χ3v) is 5.91. The maximum atomic E-state index is 14.1. The molecule has 4 aromatic rings. The molecular formula is C26H21F2N5O2. The van der Waals surface area contributed by atoms with Crippen molar-refractivity contribution in [1.82, 2.24) is 20.1 Å². The standard InChI is InChI=1S/C26H21F2N5O2/c1-33(14-17-3-2-16(11-27)22-13-30-32-24(17)22)26(34)23-7-6-21(25(31-23)35-20-4-5-20)18-8-15(12-29)9-19(28)10-18/h2-3,6-10,13,20H,4-5,11,14H2,1H3,(H,30,32). The Morgan fingerprint density at radius 2 is 2.03 bits per heavy atom. The van der Waals surface area contributed by atoms with Gasteiger partial charge in [0.1, 0.15) is 24.3 Å². The molecule has 2 aromatic carbocycles. The maximum Gasteiger partial charge on any atom is 0.272 e. The van der Waals surface area contributed by atoms with Crippen LogP contribution in [0.15, 0.2) is 48.7 Å². The van der Waals surface area contributed by atoms with E-state index in [4.69, 9.17) is 4.74 Å². The average molecular weight is 473 g/mol. The van der Waals surface area contributed by atoms with Gasteiger partial charge in [-0.15, -0.1) is 0 Å². The number of aromatic nitrogens is 3. The van der Waals surface area contributed by atoms with Gasteiger partial charge in [0.05, 0.1) is 23.3 Å². The van der Waals surface area contributed by atoms with Crippen LogP contribution < -0.4 is 4.74 Å². The van der Waals surface area contributed by atoms with Crippen molar-refractivity contribution in [1.29, 1.82) is 5.26 Å². The van der Waals surface area contributed by atoms with Crippen LogP contribution in [0, 0.1) is 17.1 Å². The molecule has 1 aliphatic rings. The summed E-state index contributed by atoms with van der Waals surface area (Å²) in [5.74, 6) is -0.652. The number of pyridine rings is 1. The van der Waals surface area contributed by atoms with Crippen molar-refractivity contribution in [2.24, 2.45) is 0 Å². The number of nitrogens with zero attached hydrogens (tertiary/aromatic N) is 4. The molecule has 5 rings (SSSR count). The lowest BCUT2D eigenvalue weighted by Gasteiger charge is -2.19. The zero-order chi connectivity index (χ0) is 24.5. The molecule has 35 heavy (non-hydrogen) atoms. The number of H-pyrrole nitrogens is 1. The number of alkyl halides is 1. The summed E-state index contributed by atoms with van der Waals surface area (Å²) in [7, 11) is 1.65. The first-order valence-corrected chi connectivity index (χ1v) is 11.1. The molecule has 1 amide bonds. The maximum absolute atomic E-state index is 14.1. The van der Waals surface area contributed by atoms with E-state index in [9.17, 15) is 18.8 Å². The number of benzene rings is 2. The fourth-order valence-corrected chi connectivity index (χ4v) is 3.94. The molecule has 1 N–H and O–H groups in total. The summed E-state index contributed by atoms with van der Waals surface area (Å²) in [6.45, 7) is -0.353. The molecule has 1 fully saturated rings. The molecule has 0 aliphatic heterocycles. The predicted octanol–water partition coefficient (Wildman–Crippen LogP) is 4.92. The van der Waals surface area contributed by atoms with Gasteiger partial charge in [0.25, 0.3) is 5.91 Å². The van der Waals surface area contributed by atoms with Crippen LogP contribution in [0.5, 0.6) is 5.88 Å². The lowest BCUT2D eigenvalue weighted by molar-refractivity contribution is 0.0778. The molecule has 0 atom stereocenters. The first-order chi connectivity index (χ1) is 17.0. The highest BCUT2D eigenvalue weighted by Crippen LogP contribution is 2.35. The van der Waals surface area contributed by atoms with Crippen molar-refractivity contribution in [2.45, 2.75) is 32.2 Å². The summed E-state index contributed by atoms with van der Waals surface area (Å²) < 4.78 is 33.3. The third-order valence-electron chi connectivity index (χ3n) is 5.91. The van der Waals surface area contributed by atoms with Crippen molar-refractivity contribution in [3.8, 4) is 23.1 Å². The van der Waals surface area contributed by atoms with Crippen LogP contribution >= 0.6 is 0 Å². The minimum absolute atomic E-state index is 0.00370. The van der Waals surface area contributed by atoms with E-state index in [1.165, 1.54) is 11.0 Å². The summed E-state index contributed by atoms with van der Waals surface area (Å²) in [4.78, 5) is 19.2. The Bertz CT molecular complexity index is 1470. The van der Waals surface area contributed by atoms with Crippen LogP contribution in [0.4, 0.5) is 8.78 Å². The van der Waals surface area contributed by atoms with Gasteiger partial charge in [-0.05, 0) is 59.9 Å². The normalized spacial score (nSPS) is 13.0. The Balaban J connectivity index is 1.45. The van der Waals surface area contributed by atoms with Crippen LogP contribution in [-0.2, 0) is 13.2 Å². The molecule has 1 saturated carbocycles. The highest BCUT2D eigenvalue weighted by atomic mass is 19.1.